The van der Waals surface area contributed by atoms with Crippen molar-refractivity contribution in [3.63, 3.8) is 0 Å². The number of benzene rings is 2. The van der Waals surface area contributed by atoms with Crippen molar-refractivity contribution >= 4 is 29.6 Å². The summed E-state index contributed by atoms with van der Waals surface area (Å²) in [6.07, 6.45) is 1.90. The quantitative estimate of drug-likeness (QED) is 0.614. The van der Waals surface area contributed by atoms with Gasteiger partial charge in [-0.3, -0.25) is 4.79 Å². The molecule has 2 aromatic rings. The standard InChI is InChI=1S/C19H18ClNO3/c1-21(2)19(23)18(15-8-4-3-5-9-15)24-17(22)12-11-14-7-6-10-16(20)13-14/h3-13,18H,1-2H3/b12-11+/t18-/m0/s1. The third-order valence-corrected chi connectivity index (χ3v) is 3.50. The monoisotopic (exact) mass is 343 g/mol. The average Bonchev–Trinajstić information content (AvgIpc) is 2.58. The van der Waals surface area contributed by atoms with Crippen LogP contribution in [0.2, 0.25) is 5.02 Å². The molecule has 2 rings (SSSR count). The molecule has 1 amide bonds. The molecule has 0 aromatic heterocycles. The van der Waals surface area contributed by atoms with Crippen molar-refractivity contribution in [1.82, 2.24) is 4.90 Å². The molecule has 1 atom stereocenters. The summed E-state index contributed by atoms with van der Waals surface area (Å²) >= 11 is 5.90. The molecule has 2 aromatic carbocycles. The number of hydrogen-bond acceptors (Lipinski definition) is 3. The van der Waals surface area contributed by atoms with E-state index >= 15 is 0 Å². The van der Waals surface area contributed by atoms with Crippen LogP contribution in [0, 0.1) is 0 Å². The number of hydrogen-bond donors (Lipinski definition) is 0. The Kier molecular flexibility index (Phi) is 6.15. The maximum absolute atomic E-state index is 12.3. The second-order valence-electron chi connectivity index (χ2n) is 5.35. The predicted octanol–water partition coefficient (Wildman–Crippen LogP) is 3.73. The third-order valence-electron chi connectivity index (χ3n) is 3.26. The van der Waals surface area contributed by atoms with Gasteiger partial charge >= 0.3 is 5.97 Å². The zero-order valence-electron chi connectivity index (χ0n) is 13.5. The normalized spacial score (nSPS) is 12.0. The first kappa shape index (κ1) is 17.8. The van der Waals surface area contributed by atoms with Crippen molar-refractivity contribution < 1.29 is 14.3 Å². The highest BCUT2D eigenvalue weighted by molar-refractivity contribution is 6.30. The summed E-state index contributed by atoms with van der Waals surface area (Å²) in [5.41, 5.74) is 1.40. The number of rotatable bonds is 5. The lowest BCUT2D eigenvalue weighted by molar-refractivity contribution is -0.155. The molecule has 0 bridgehead atoms. The third kappa shape index (κ3) is 4.96. The predicted molar refractivity (Wildman–Crippen MR) is 94.5 cm³/mol. The fraction of sp³-hybridized carbons (Fsp3) is 0.158. The van der Waals surface area contributed by atoms with Gasteiger partial charge in [0, 0.05) is 30.8 Å². The molecule has 0 unspecified atom stereocenters. The summed E-state index contributed by atoms with van der Waals surface area (Å²) in [6.45, 7) is 0. The van der Waals surface area contributed by atoms with Crippen LogP contribution < -0.4 is 0 Å². The van der Waals surface area contributed by atoms with Crippen LogP contribution in [-0.4, -0.2) is 30.9 Å². The number of ether oxygens (including phenoxy) is 1. The summed E-state index contributed by atoms with van der Waals surface area (Å²) in [5, 5.41) is 0.579. The van der Waals surface area contributed by atoms with Gasteiger partial charge in [0.05, 0.1) is 0 Å². The van der Waals surface area contributed by atoms with Crippen molar-refractivity contribution in [2.75, 3.05) is 14.1 Å². The molecule has 0 aliphatic carbocycles. The second kappa shape index (κ2) is 8.31. The molecule has 124 valence electrons. The van der Waals surface area contributed by atoms with Crippen LogP contribution in [0.4, 0.5) is 0 Å². The molecule has 0 radical (unpaired) electrons. The smallest absolute Gasteiger partial charge is 0.331 e. The summed E-state index contributed by atoms with van der Waals surface area (Å²) in [6, 6.07) is 16.0. The molecular formula is C19H18ClNO3. The van der Waals surface area contributed by atoms with E-state index in [1.165, 1.54) is 11.0 Å². The molecule has 5 heteroatoms. The highest BCUT2D eigenvalue weighted by Crippen LogP contribution is 2.20. The number of nitrogens with zero attached hydrogens (tertiary/aromatic N) is 1. The average molecular weight is 344 g/mol. The summed E-state index contributed by atoms with van der Waals surface area (Å²) < 4.78 is 5.36. The largest absolute Gasteiger partial charge is 0.444 e. The zero-order valence-corrected chi connectivity index (χ0v) is 14.2. The highest BCUT2D eigenvalue weighted by atomic mass is 35.5. The fourth-order valence-corrected chi connectivity index (χ4v) is 2.25. The van der Waals surface area contributed by atoms with Gasteiger partial charge in [0.25, 0.3) is 5.91 Å². The molecule has 0 heterocycles. The van der Waals surface area contributed by atoms with Gasteiger partial charge in [-0.1, -0.05) is 54.1 Å². The van der Waals surface area contributed by atoms with Gasteiger partial charge in [0.1, 0.15) is 0 Å². The van der Waals surface area contributed by atoms with E-state index in [-0.39, 0.29) is 5.91 Å². The van der Waals surface area contributed by atoms with Gasteiger partial charge in [-0.25, -0.2) is 4.79 Å². The Balaban J connectivity index is 2.14. The zero-order chi connectivity index (χ0) is 17.5. The molecular weight excluding hydrogens is 326 g/mol. The van der Waals surface area contributed by atoms with E-state index in [0.29, 0.717) is 10.6 Å². The number of carbonyl (C=O) groups excluding carboxylic acids is 2. The van der Waals surface area contributed by atoms with Crippen molar-refractivity contribution in [1.29, 1.82) is 0 Å². The molecule has 4 nitrogen and oxygen atoms in total. The van der Waals surface area contributed by atoms with Crippen molar-refractivity contribution in [2.24, 2.45) is 0 Å². The van der Waals surface area contributed by atoms with Gasteiger partial charge in [-0.05, 0) is 23.8 Å². The van der Waals surface area contributed by atoms with E-state index in [1.54, 1.807) is 62.6 Å². The van der Waals surface area contributed by atoms with Crippen LogP contribution in [0.1, 0.15) is 17.2 Å². The van der Waals surface area contributed by atoms with Crippen LogP contribution in [0.15, 0.2) is 60.7 Å². The molecule has 0 spiro atoms. The Morgan fingerprint density at radius 3 is 2.42 bits per heavy atom. The van der Waals surface area contributed by atoms with E-state index in [2.05, 4.69) is 0 Å². The van der Waals surface area contributed by atoms with Crippen LogP contribution in [0.3, 0.4) is 0 Å². The summed E-state index contributed by atoms with van der Waals surface area (Å²) in [4.78, 5) is 25.8. The van der Waals surface area contributed by atoms with Crippen LogP contribution in [0.25, 0.3) is 6.08 Å². The number of esters is 1. The maximum Gasteiger partial charge on any atom is 0.331 e. The fourth-order valence-electron chi connectivity index (χ4n) is 2.05. The minimum absolute atomic E-state index is 0.300. The van der Waals surface area contributed by atoms with E-state index in [1.807, 2.05) is 12.1 Å². The minimum atomic E-state index is -0.974. The molecule has 0 saturated carbocycles. The first-order valence-corrected chi connectivity index (χ1v) is 7.75. The lowest BCUT2D eigenvalue weighted by Crippen LogP contribution is -2.30. The lowest BCUT2D eigenvalue weighted by atomic mass is 10.1. The summed E-state index contributed by atoms with van der Waals surface area (Å²) in [7, 11) is 3.24. The van der Waals surface area contributed by atoms with Crippen molar-refractivity contribution in [2.45, 2.75) is 6.10 Å². The van der Waals surface area contributed by atoms with Gasteiger partial charge in [0.2, 0.25) is 6.10 Å². The van der Waals surface area contributed by atoms with Gasteiger partial charge in [-0.15, -0.1) is 0 Å². The van der Waals surface area contributed by atoms with E-state index < -0.39 is 12.1 Å². The van der Waals surface area contributed by atoms with Gasteiger partial charge in [0.15, 0.2) is 0 Å². The number of likely N-dealkylation sites (N-methyl/N-ethyl adjacent to an activating group) is 1. The topological polar surface area (TPSA) is 46.6 Å². The molecule has 0 aliphatic rings. The number of amides is 1. The molecule has 0 N–H and O–H groups in total. The van der Waals surface area contributed by atoms with Crippen LogP contribution in [-0.2, 0) is 14.3 Å². The number of halogens is 1. The van der Waals surface area contributed by atoms with E-state index in [4.69, 9.17) is 16.3 Å². The van der Waals surface area contributed by atoms with Gasteiger partial charge in [-0.2, -0.15) is 0 Å². The molecule has 0 fully saturated rings. The highest BCUT2D eigenvalue weighted by Gasteiger charge is 2.25. The Labute approximate surface area is 146 Å². The molecule has 24 heavy (non-hydrogen) atoms. The van der Waals surface area contributed by atoms with Crippen molar-refractivity contribution in [3.8, 4) is 0 Å². The Morgan fingerprint density at radius 2 is 1.79 bits per heavy atom. The molecule has 0 aliphatic heterocycles. The van der Waals surface area contributed by atoms with Crippen molar-refractivity contribution in [3.05, 3.63) is 76.8 Å². The first-order chi connectivity index (χ1) is 11.5. The van der Waals surface area contributed by atoms with Gasteiger partial charge < -0.3 is 9.64 Å². The van der Waals surface area contributed by atoms with E-state index in [9.17, 15) is 9.59 Å². The lowest BCUT2D eigenvalue weighted by Gasteiger charge is -2.20. The second-order valence-corrected chi connectivity index (χ2v) is 5.79. The van der Waals surface area contributed by atoms with Crippen LogP contribution in [0.5, 0.6) is 0 Å². The van der Waals surface area contributed by atoms with Crippen LogP contribution >= 0.6 is 11.6 Å². The Hall–Kier alpha value is -2.59. The number of carbonyl (C=O) groups is 2. The Bertz CT molecular complexity index is 741. The Morgan fingerprint density at radius 1 is 1.08 bits per heavy atom. The molecule has 0 saturated heterocycles. The minimum Gasteiger partial charge on any atom is -0.444 e. The summed E-state index contributed by atoms with van der Waals surface area (Å²) in [5.74, 6) is -0.898. The first-order valence-electron chi connectivity index (χ1n) is 7.38. The van der Waals surface area contributed by atoms with E-state index in [0.717, 1.165) is 5.56 Å². The SMILES string of the molecule is CN(C)C(=O)[C@@H](OC(=O)/C=C/c1cccc(Cl)c1)c1ccccc1. The maximum atomic E-state index is 12.3.